The van der Waals surface area contributed by atoms with Gasteiger partial charge in [-0.05, 0) is 74.2 Å². The van der Waals surface area contributed by atoms with Crippen LogP contribution in [0.2, 0.25) is 0 Å². The Kier molecular flexibility index (Phi) is 5.49. The highest BCUT2D eigenvalue weighted by molar-refractivity contribution is 5.90. The minimum Gasteiger partial charge on any atom is -0.387 e. The number of likely N-dealkylation sites (N-methyl/N-ethyl adjacent to an activating group) is 1. The fourth-order valence-corrected chi connectivity index (χ4v) is 3.45. The molecule has 2 aromatic carbocycles. The van der Waals surface area contributed by atoms with Crippen molar-refractivity contribution in [1.82, 2.24) is 4.90 Å². The van der Waals surface area contributed by atoms with Crippen molar-refractivity contribution in [3.63, 3.8) is 0 Å². The first-order valence-electron chi connectivity index (χ1n) is 7.97. The van der Waals surface area contributed by atoms with Crippen molar-refractivity contribution in [1.29, 1.82) is 0 Å². The highest BCUT2D eigenvalue weighted by atomic mass is 35.5. The quantitative estimate of drug-likeness (QED) is 0.919. The molecule has 3 heteroatoms. The summed E-state index contributed by atoms with van der Waals surface area (Å²) in [6, 6.07) is 10.9. The number of hydrogen-bond donors (Lipinski definition) is 1. The van der Waals surface area contributed by atoms with Crippen LogP contribution < -0.4 is 0 Å². The molecule has 2 aromatic rings. The smallest absolute Gasteiger partial charge is 0.0948 e. The van der Waals surface area contributed by atoms with E-state index in [1.807, 2.05) is 14.1 Å². The normalized spacial score (nSPS) is 17.0. The molecular weight excluding hydrogens is 294 g/mol. The number of nitrogens with zero attached hydrogens (tertiary/aromatic N) is 1. The average Bonchev–Trinajstić information content (AvgIpc) is 2.52. The molecule has 0 fully saturated rings. The molecule has 2 nitrogen and oxygen atoms in total. The Morgan fingerprint density at radius 1 is 1.05 bits per heavy atom. The van der Waals surface area contributed by atoms with Gasteiger partial charge in [0.2, 0.25) is 0 Å². The number of benzene rings is 2. The Morgan fingerprint density at radius 2 is 1.68 bits per heavy atom. The monoisotopic (exact) mass is 319 g/mol. The zero-order valence-corrected chi connectivity index (χ0v) is 14.5. The molecule has 0 spiro atoms. The van der Waals surface area contributed by atoms with E-state index in [1.165, 1.54) is 41.2 Å². The Labute approximate surface area is 139 Å². The van der Waals surface area contributed by atoms with Crippen LogP contribution in [0.5, 0.6) is 0 Å². The van der Waals surface area contributed by atoms with E-state index in [9.17, 15) is 5.11 Å². The van der Waals surface area contributed by atoms with Crippen molar-refractivity contribution >= 4 is 23.2 Å². The lowest BCUT2D eigenvalue weighted by Gasteiger charge is -2.28. The molecular formula is C19H26ClNO. The van der Waals surface area contributed by atoms with Crippen molar-refractivity contribution < 1.29 is 5.11 Å². The lowest BCUT2D eigenvalue weighted by atomic mass is 9.84. The van der Waals surface area contributed by atoms with Crippen LogP contribution in [-0.2, 0) is 12.8 Å². The van der Waals surface area contributed by atoms with Gasteiger partial charge in [-0.15, -0.1) is 12.4 Å². The van der Waals surface area contributed by atoms with Gasteiger partial charge < -0.3 is 10.0 Å². The standard InChI is InChI=1S/C19H25NO.ClH/c1-13(20(2)3)19(21)18-12-14-8-4-5-9-15(14)16-10-6-7-11-17(16)18;/h6-7,10-13,19,21H,4-5,8-9H2,1-3H3;1H. The average molecular weight is 320 g/mol. The van der Waals surface area contributed by atoms with Crippen molar-refractivity contribution in [3.8, 4) is 0 Å². The van der Waals surface area contributed by atoms with E-state index >= 15 is 0 Å². The number of halogens is 1. The van der Waals surface area contributed by atoms with Crippen LogP contribution in [0.15, 0.2) is 30.3 Å². The Balaban J connectivity index is 0.00000176. The van der Waals surface area contributed by atoms with Gasteiger partial charge in [-0.3, -0.25) is 0 Å². The van der Waals surface area contributed by atoms with Gasteiger partial charge in [0, 0.05) is 6.04 Å². The first-order chi connectivity index (χ1) is 10.1. The molecule has 3 rings (SSSR count). The van der Waals surface area contributed by atoms with Crippen molar-refractivity contribution in [3.05, 3.63) is 47.0 Å². The summed E-state index contributed by atoms with van der Waals surface area (Å²) in [5.41, 5.74) is 4.04. The topological polar surface area (TPSA) is 23.5 Å². The van der Waals surface area contributed by atoms with Gasteiger partial charge in [-0.25, -0.2) is 0 Å². The summed E-state index contributed by atoms with van der Waals surface area (Å²) < 4.78 is 0. The fourth-order valence-electron chi connectivity index (χ4n) is 3.45. The van der Waals surface area contributed by atoms with E-state index < -0.39 is 6.10 Å². The van der Waals surface area contributed by atoms with E-state index in [2.05, 4.69) is 42.2 Å². The maximum atomic E-state index is 10.8. The SMILES string of the molecule is CC(C(O)c1cc2c(c3ccccc13)CCCC2)N(C)C.Cl. The molecule has 0 saturated heterocycles. The second kappa shape index (κ2) is 6.99. The lowest BCUT2D eigenvalue weighted by Crippen LogP contribution is -2.31. The summed E-state index contributed by atoms with van der Waals surface area (Å²) in [5, 5.41) is 13.4. The van der Waals surface area contributed by atoms with E-state index in [1.54, 1.807) is 0 Å². The third-order valence-electron chi connectivity index (χ3n) is 4.99. The first kappa shape index (κ1) is 17.3. The highest BCUT2D eigenvalue weighted by Gasteiger charge is 2.23. The van der Waals surface area contributed by atoms with E-state index in [0.717, 1.165) is 12.0 Å². The molecule has 22 heavy (non-hydrogen) atoms. The number of fused-ring (bicyclic) bond motifs is 3. The number of aliphatic hydroxyl groups excluding tert-OH is 1. The minimum atomic E-state index is -0.447. The van der Waals surface area contributed by atoms with Crippen LogP contribution in [0.3, 0.4) is 0 Å². The van der Waals surface area contributed by atoms with Crippen molar-refractivity contribution in [2.24, 2.45) is 0 Å². The molecule has 0 amide bonds. The number of aryl methyl sites for hydroxylation is 2. The summed E-state index contributed by atoms with van der Waals surface area (Å²) in [4.78, 5) is 2.08. The van der Waals surface area contributed by atoms with Crippen LogP contribution in [0.1, 0.15) is 42.6 Å². The molecule has 0 aromatic heterocycles. The maximum absolute atomic E-state index is 10.8. The van der Waals surface area contributed by atoms with Gasteiger partial charge in [0.15, 0.2) is 0 Å². The van der Waals surface area contributed by atoms with Crippen LogP contribution in [0.4, 0.5) is 0 Å². The summed E-state index contributed by atoms with van der Waals surface area (Å²) in [6.07, 6.45) is 4.43. The number of rotatable bonds is 3. The van der Waals surface area contributed by atoms with Gasteiger partial charge in [-0.1, -0.05) is 30.3 Å². The predicted molar refractivity (Wildman–Crippen MR) is 95.9 cm³/mol. The van der Waals surface area contributed by atoms with Crippen LogP contribution >= 0.6 is 12.4 Å². The van der Waals surface area contributed by atoms with Crippen molar-refractivity contribution in [2.45, 2.75) is 44.8 Å². The van der Waals surface area contributed by atoms with E-state index in [-0.39, 0.29) is 18.4 Å². The number of aliphatic hydroxyl groups is 1. The van der Waals surface area contributed by atoms with E-state index in [4.69, 9.17) is 0 Å². The van der Waals surface area contributed by atoms with Crippen LogP contribution in [0, 0.1) is 0 Å². The van der Waals surface area contributed by atoms with Gasteiger partial charge in [0.1, 0.15) is 0 Å². The second-order valence-electron chi connectivity index (χ2n) is 6.51. The molecule has 0 heterocycles. The zero-order valence-electron chi connectivity index (χ0n) is 13.7. The van der Waals surface area contributed by atoms with Gasteiger partial charge in [0.05, 0.1) is 6.10 Å². The number of hydrogen-bond acceptors (Lipinski definition) is 2. The molecule has 0 bridgehead atoms. The molecule has 2 unspecified atom stereocenters. The Morgan fingerprint density at radius 3 is 2.36 bits per heavy atom. The summed E-state index contributed by atoms with van der Waals surface area (Å²) in [5.74, 6) is 0. The largest absolute Gasteiger partial charge is 0.387 e. The van der Waals surface area contributed by atoms with Gasteiger partial charge in [-0.2, -0.15) is 0 Å². The molecule has 1 N–H and O–H groups in total. The third-order valence-corrected chi connectivity index (χ3v) is 4.99. The molecule has 0 radical (unpaired) electrons. The first-order valence-corrected chi connectivity index (χ1v) is 7.97. The zero-order chi connectivity index (χ0) is 15.0. The fraction of sp³-hybridized carbons (Fsp3) is 0.474. The highest BCUT2D eigenvalue weighted by Crippen LogP contribution is 2.35. The predicted octanol–water partition coefficient (Wildman–Crippen LogP) is 4.12. The molecule has 0 saturated carbocycles. The molecule has 0 aliphatic heterocycles. The summed E-state index contributed by atoms with van der Waals surface area (Å²) in [6.45, 7) is 2.08. The van der Waals surface area contributed by atoms with Gasteiger partial charge in [0.25, 0.3) is 0 Å². The Bertz CT molecular complexity index is 653. The van der Waals surface area contributed by atoms with Gasteiger partial charge >= 0.3 is 0 Å². The summed E-state index contributed by atoms with van der Waals surface area (Å²) >= 11 is 0. The summed E-state index contributed by atoms with van der Waals surface area (Å²) in [7, 11) is 4.04. The van der Waals surface area contributed by atoms with E-state index in [0.29, 0.717) is 0 Å². The molecule has 120 valence electrons. The van der Waals surface area contributed by atoms with Crippen LogP contribution in [-0.4, -0.2) is 30.1 Å². The minimum absolute atomic E-state index is 0. The van der Waals surface area contributed by atoms with Crippen molar-refractivity contribution in [2.75, 3.05) is 14.1 Å². The molecule has 1 aliphatic rings. The second-order valence-corrected chi connectivity index (χ2v) is 6.51. The third kappa shape index (κ3) is 3.01. The van der Waals surface area contributed by atoms with Crippen LogP contribution in [0.25, 0.3) is 10.8 Å². The maximum Gasteiger partial charge on any atom is 0.0948 e. The molecule has 2 atom stereocenters. The Hall–Kier alpha value is -1.09. The molecule has 1 aliphatic carbocycles. The lowest BCUT2D eigenvalue weighted by molar-refractivity contribution is 0.0869.